The van der Waals surface area contributed by atoms with Crippen LogP contribution in [0.4, 0.5) is 5.69 Å². The van der Waals surface area contributed by atoms with E-state index >= 15 is 0 Å². The van der Waals surface area contributed by atoms with E-state index in [1.807, 2.05) is 24.8 Å². The molecule has 0 aliphatic carbocycles. The van der Waals surface area contributed by atoms with Crippen molar-refractivity contribution in [3.05, 3.63) is 36.0 Å². The number of benzene rings is 1. The monoisotopic (exact) mass is 287 g/mol. The lowest BCUT2D eigenvalue weighted by Gasteiger charge is -2.19. The molecule has 0 aliphatic heterocycles. The Bertz CT molecular complexity index is 541. The number of hydrogen-bond donors (Lipinski definition) is 2. The minimum absolute atomic E-state index is 0.0258. The Balaban J connectivity index is 2.86. The Morgan fingerprint density at radius 2 is 1.95 bits per heavy atom. The summed E-state index contributed by atoms with van der Waals surface area (Å²) in [6.45, 7) is 5.68. The van der Waals surface area contributed by atoms with Gasteiger partial charge in [-0.1, -0.05) is 26.0 Å². The van der Waals surface area contributed by atoms with E-state index in [1.54, 1.807) is 24.4 Å². The molecule has 0 aliphatic rings. The fourth-order valence-electron chi connectivity index (χ4n) is 1.91. The molecule has 0 radical (unpaired) electrons. The van der Waals surface area contributed by atoms with Crippen LogP contribution in [-0.2, 0) is 4.79 Å². The van der Waals surface area contributed by atoms with Crippen molar-refractivity contribution in [2.24, 2.45) is 0 Å². The number of carbonyl (C=O) groups is 1. The van der Waals surface area contributed by atoms with Crippen molar-refractivity contribution in [3.63, 3.8) is 0 Å². The van der Waals surface area contributed by atoms with E-state index in [0.29, 0.717) is 5.69 Å². The van der Waals surface area contributed by atoms with Crippen molar-refractivity contribution < 1.29 is 9.90 Å². The number of nitrogens with zero attached hydrogens (tertiary/aromatic N) is 2. The summed E-state index contributed by atoms with van der Waals surface area (Å²) in [4.78, 5) is 14.1. The summed E-state index contributed by atoms with van der Waals surface area (Å²) in [5.74, 6) is -0.543. The highest BCUT2D eigenvalue weighted by molar-refractivity contribution is 6.07. The van der Waals surface area contributed by atoms with Gasteiger partial charge >= 0.3 is 0 Å². The van der Waals surface area contributed by atoms with E-state index in [4.69, 9.17) is 5.26 Å². The maximum absolute atomic E-state index is 12.1. The molecule has 2 N–H and O–H groups in total. The second-order valence-electron chi connectivity index (χ2n) is 4.66. The second-order valence-corrected chi connectivity index (χ2v) is 4.66. The summed E-state index contributed by atoms with van der Waals surface area (Å²) in [7, 11) is 0. The molecule has 0 bridgehead atoms. The average molecular weight is 287 g/mol. The molecule has 0 aromatic heterocycles. The van der Waals surface area contributed by atoms with Crippen molar-refractivity contribution in [3.8, 4) is 11.8 Å². The largest absolute Gasteiger partial charge is 0.506 e. The van der Waals surface area contributed by atoms with E-state index in [2.05, 4.69) is 5.32 Å². The molecule has 1 aromatic carbocycles. The third kappa shape index (κ3) is 5.19. The van der Waals surface area contributed by atoms with Crippen LogP contribution >= 0.6 is 0 Å². The van der Waals surface area contributed by atoms with Crippen molar-refractivity contribution in [2.45, 2.75) is 26.7 Å². The number of para-hydroxylation sites is 2. The van der Waals surface area contributed by atoms with Crippen LogP contribution in [0.25, 0.3) is 0 Å². The molecular formula is C16H21N3O2. The summed E-state index contributed by atoms with van der Waals surface area (Å²) in [6.07, 6.45) is 3.47. The van der Waals surface area contributed by atoms with Gasteiger partial charge in [0.2, 0.25) is 0 Å². The molecule has 0 heterocycles. The molecule has 112 valence electrons. The van der Waals surface area contributed by atoms with Crippen molar-refractivity contribution in [1.82, 2.24) is 4.90 Å². The third-order valence-electron chi connectivity index (χ3n) is 2.85. The number of phenols is 1. The molecule has 0 saturated heterocycles. The highest BCUT2D eigenvalue weighted by Gasteiger charge is 2.12. The highest BCUT2D eigenvalue weighted by atomic mass is 16.3. The normalized spacial score (nSPS) is 10.8. The molecule has 0 spiro atoms. The first-order valence-corrected chi connectivity index (χ1v) is 7.07. The molecule has 1 amide bonds. The van der Waals surface area contributed by atoms with Gasteiger partial charge in [-0.3, -0.25) is 4.79 Å². The highest BCUT2D eigenvalue weighted by Crippen LogP contribution is 2.22. The predicted molar refractivity (Wildman–Crippen MR) is 82.6 cm³/mol. The number of nitriles is 1. The number of anilines is 1. The summed E-state index contributed by atoms with van der Waals surface area (Å²) in [6, 6.07) is 8.34. The Morgan fingerprint density at radius 1 is 1.33 bits per heavy atom. The van der Waals surface area contributed by atoms with Gasteiger partial charge in [0.05, 0.1) is 5.69 Å². The SMILES string of the molecule is CCCN(/C=C(/C#N)C(=O)Nc1ccccc1O)CCC. The first kappa shape index (κ1) is 16.6. The molecule has 0 fully saturated rings. The lowest BCUT2D eigenvalue weighted by atomic mass is 10.2. The van der Waals surface area contributed by atoms with Crippen LogP contribution in [0.1, 0.15) is 26.7 Å². The topological polar surface area (TPSA) is 76.4 Å². The zero-order valence-electron chi connectivity index (χ0n) is 12.5. The maximum Gasteiger partial charge on any atom is 0.267 e. The van der Waals surface area contributed by atoms with Gasteiger partial charge in [-0.05, 0) is 25.0 Å². The van der Waals surface area contributed by atoms with Crippen LogP contribution < -0.4 is 5.32 Å². The molecule has 0 unspecified atom stereocenters. The van der Waals surface area contributed by atoms with E-state index < -0.39 is 5.91 Å². The van der Waals surface area contributed by atoms with E-state index in [0.717, 1.165) is 25.9 Å². The molecule has 0 saturated carbocycles. The fraction of sp³-hybridized carbons (Fsp3) is 0.375. The lowest BCUT2D eigenvalue weighted by molar-refractivity contribution is -0.112. The smallest absolute Gasteiger partial charge is 0.267 e. The van der Waals surface area contributed by atoms with E-state index in [9.17, 15) is 9.90 Å². The first-order chi connectivity index (χ1) is 10.1. The molecular weight excluding hydrogens is 266 g/mol. The number of carbonyl (C=O) groups excluding carboxylic acids is 1. The summed E-state index contributed by atoms with van der Waals surface area (Å²) in [5.41, 5.74) is 0.321. The Hall–Kier alpha value is -2.48. The Kier molecular flexibility index (Phi) is 6.82. The van der Waals surface area contributed by atoms with Gasteiger partial charge in [0.15, 0.2) is 0 Å². The van der Waals surface area contributed by atoms with Crippen LogP contribution in [0.5, 0.6) is 5.75 Å². The Morgan fingerprint density at radius 3 is 2.48 bits per heavy atom. The second kappa shape index (κ2) is 8.64. The molecule has 5 heteroatoms. The number of rotatable bonds is 7. The molecule has 1 aromatic rings. The van der Waals surface area contributed by atoms with Gasteiger partial charge in [-0.2, -0.15) is 5.26 Å². The summed E-state index contributed by atoms with van der Waals surface area (Å²) >= 11 is 0. The number of aromatic hydroxyl groups is 1. The van der Waals surface area contributed by atoms with Gasteiger partial charge in [-0.25, -0.2) is 0 Å². The standard InChI is InChI=1S/C16H21N3O2/c1-3-9-19(10-4-2)12-13(11-17)16(21)18-14-7-5-6-8-15(14)20/h5-8,12,20H,3-4,9-10H2,1-2H3,(H,18,21)/b13-12-. The van der Waals surface area contributed by atoms with Crippen molar-refractivity contribution in [2.75, 3.05) is 18.4 Å². The number of nitrogens with one attached hydrogen (secondary N) is 1. The number of phenolic OH excluding ortho intramolecular Hbond substituents is 1. The fourth-order valence-corrected chi connectivity index (χ4v) is 1.91. The molecule has 21 heavy (non-hydrogen) atoms. The molecule has 1 rings (SSSR count). The third-order valence-corrected chi connectivity index (χ3v) is 2.85. The van der Waals surface area contributed by atoms with E-state index in [1.165, 1.54) is 6.07 Å². The van der Waals surface area contributed by atoms with Crippen LogP contribution in [0, 0.1) is 11.3 Å². The van der Waals surface area contributed by atoms with Crippen LogP contribution in [-0.4, -0.2) is 29.0 Å². The van der Waals surface area contributed by atoms with Crippen molar-refractivity contribution >= 4 is 11.6 Å². The van der Waals surface area contributed by atoms with Gasteiger partial charge in [0, 0.05) is 19.3 Å². The minimum Gasteiger partial charge on any atom is -0.506 e. The van der Waals surface area contributed by atoms with Gasteiger partial charge in [0.1, 0.15) is 17.4 Å². The molecule has 5 nitrogen and oxygen atoms in total. The zero-order valence-corrected chi connectivity index (χ0v) is 12.5. The van der Waals surface area contributed by atoms with Crippen LogP contribution in [0.2, 0.25) is 0 Å². The zero-order chi connectivity index (χ0) is 15.7. The molecule has 0 atom stereocenters. The number of hydrogen-bond acceptors (Lipinski definition) is 4. The van der Waals surface area contributed by atoms with Gasteiger partial charge < -0.3 is 15.3 Å². The van der Waals surface area contributed by atoms with Crippen molar-refractivity contribution in [1.29, 1.82) is 5.26 Å². The minimum atomic E-state index is -0.517. The predicted octanol–water partition coefficient (Wildman–Crippen LogP) is 2.86. The maximum atomic E-state index is 12.1. The summed E-state index contributed by atoms with van der Waals surface area (Å²) < 4.78 is 0. The Labute approximate surface area is 125 Å². The van der Waals surface area contributed by atoms with Gasteiger partial charge in [0.25, 0.3) is 5.91 Å². The van der Waals surface area contributed by atoms with Crippen LogP contribution in [0.3, 0.4) is 0 Å². The number of amides is 1. The summed E-state index contributed by atoms with van der Waals surface area (Å²) in [5, 5.41) is 21.3. The van der Waals surface area contributed by atoms with Gasteiger partial charge in [-0.15, -0.1) is 0 Å². The van der Waals surface area contributed by atoms with E-state index in [-0.39, 0.29) is 11.3 Å². The average Bonchev–Trinajstić information content (AvgIpc) is 2.47. The van der Waals surface area contributed by atoms with Crippen LogP contribution in [0.15, 0.2) is 36.0 Å². The lowest BCUT2D eigenvalue weighted by Crippen LogP contribution is -2.22. The first-order valence-electron chi connectivity index (χ1n) is 7.07. The quantitative estimate of drug-likeness (QED) is 0.459.